The summed E-state index contributed by atoms with van der Waals surface area (Å²) in [6.45, 7) is 8.07. The molecule has 162 valence electrons. The Hall–Kier alpha value is -2.89. The van der Waals surface area contributed by atoms with E-state index in [1.54, 1.807) is 0 Å². The van der Waals surface area contributed by atoms with Crippen LogP contribution >= 0.6 is 0 Å². The van der Waals surface area contributed by atoms with Crippen molar-refractivity contribution in [2.45, 2.75) is 51.5 Å². The maximum absolute atomic E-state index is 12.8. The average Bonchev–Trinajstić information content (AvgIpc) is 3.49. The molecule has 0 atom stereocenters. The van der Waals surface area contributed by atoms with E-state index in [-0.39, 0.29) is 5.91 Å². The summed E-state index contributed by atoms with van der Waals surface area (Å²) in [5, 5.41) is 0. The van der Waals surface area contributed by atoms with E-state index < -0.39 is 0 Å². The van der Waals surface area contributed by atoms with Crippen LogP contribution < -0.4 is 4.90 Å². The van der Waals surface area contributed by atoms with Gasteiger partial charge in [-0.25, -0.2) is 9.97 Å². The molecule has 2 aliphatic rings. The van der Waals surface area contributed by atoms with Gasteiger partial charge in [0, 0.05) is 49.4 Å². The summed E-state index contributed by atoms with van der Waals surface area (Å²) in [6, 6.07) is 12.2. The van der Waals surface area contributed by atoms with Crippen molar-refractivity contribution in [3.8, 4) is 0 Å². The van der Waals surface area contributed by atoms with E-state index in [0.717, 1.165) is 61.6 Å². The van der Waals surface area contributed by atoms with Crippen molar-refractivity contribution in [1.29, 1.82) is 0 Å². The first-order chi connectivity index (χ1) is 15.1. The number of hydrogen-bond acceptors (Lipinski definition) is 4. The summed E-state index contributed by atoms with van der Waals surface area (Å²) < 4.78 is 2.26. The third-order valence-electron chi connectivity index (χ3n) is 6.75. The van der Waals surface area contributed by atoms with Gasteiger partial charge in [0.25, 0.3) is 5.91 Å². The minimum Gasteiger partial charge on any atom is -0.355 e. The highest BCUT2D eigenvalue weighted by atomic mass is 16.2. The minimum absolute atomic E-state index is 0.137. The number of hydrogen-bond donors (Lipinski definition) is 0. The van der Waals surface area contributed by atoms with Crippen LogP contribution in [0.5, 0.6) is 0 Å². The predicted molar refractivity (Wildman–Crippen MR) is 124 cm³/mol. The molecule has 0 N–H and O–H groups in total. The molecule has 0 radical (unpaired) electrons. The summed E-state index contributed by atoms with van der Waals surface area (Å²) in [7, 11) is 0. The molecule has 6 nitrogen and oxygen atoms in total. The molecule has 1 amide bonds. The van der Waals surface area contributed by atoms with Gasteiger partial charge in [-0.3, -0.25) is 4.79 Å². The van der Waals surface area contributed by atoms with Gasteiger partial charge >= 0.3 is 0 Å². The topological polar surface area (TPSA) is 54.3 Å². The van der Waals surface area contributed by atoms with E-state index in [2.05, 4.69) is 29.4 Å². The third-order valence-corrected chi connectivity index (χ3v) is 6.75. The van der Waals surface area contributed by atoms with Gasteiger partial charge in [-0.2, -0.15) is 0 Å². The van der Waals surface area contributed by atoms with Crippen molar-refractivity contribution in [3.05, 3.63) is 54.0 Å². The molecule has 4 heterocycles. The minimum atomic E-state index is 0.137. The molecular weight excluding hydrogens is 386 g/mol. The van der Waals surface area contributed by atoms with Crippen LogP contribution in [0.25, 0.3) is 11.0 Å². The van der Waals surface area contributed by atoms with E-state index in [1.165, 1.54) is 18.4 Å². The average molecular weight is 418 g/mol. The number of pyridine rings is 1. The number of carbonyl (C=O) groups excluding carboxylic acids is 1. The second-order valence-electron chi connectivity index (χ2n) is 9.11. The number of amides is 1. The number of aromatic nitrogens is 3. The Labute approximate surface area is 183 Å². The molecule has 1 aromatic carbocycles. The van der Waals surface area contributed by atoms with E-state index in [4.69, 9.17) is 9.97 Å². The molecule has 0 saturated carbocycles. The number of piperidine rings is 1. The Kier molecular flexibility index (Phi) is 5.38. The summed E-state index contributed by atoms with van der Waals surface area (Å²) in [5.74, 6) is 1.56. The molecule has 0 spiro atoms. The zero-order valence-electron chi connectivity index (χ0n) is 18.5. The Bertz CT molecular complexity index is 1060. The lowest BCUT2D eigenvalue weighted by molar-refractivity contribution is 0.0712. The fraction of sp³-hybridized carbons (Fsp3) is 0.480. The number of anilines is 1. The van der Waals surface area contributed by atoms with Gasteiger partial charge in [-0.15, -0.1) is 0 Å². The summed E-state index contributed by atoms with van der Waals surface area (Å²) in [5.41, 5.74) is 4.14. The van der Waals surface area contributed by atoms with Crippen molar-refractivity contribution < 1.29 is 4.79 Å². The molecule has 2 saturated heterocycles. The lowest BCUT2D eigenvalue weighted by atomic mass is 9.92. The maximum Gasteiger partial charge on any atom is 0.253 e. The van der Waals surface area contributed by atoms with Gasteiger partial charge in [0.15, 0.2) is 5.82 Å². The second kappa shape index (κ2) is 8.33. The van der Waals surface area contributed by atoms with Gasteiger partial charge < -0.3 is 14.4 Å². The first kappa shape index (κ1) is 20.0. The second-order valence-corrected chi connectivity index (χ2v) is 9.11. The predicted octanol–water partition coefficient (Wildman–Crippen LogP) is 4.63. The fourth-order valence-electron chi connectivity index (χ4n) is 4.95. The summed E-state index contributed by atoms with van der Waals surface area (Å²) >= 11 is 0. The van der Waals surface area contributed by atoms with E-state index >= 15 is 0 Å². The van der Waals surface area contributed by atoms with Crippen LogP contribution in [0.1, 0.15) is 67.5 Å². The SMILES string of the molecule is CC(C)n1cnc2c(N3CCCC3)nc(C3CCN(C(=O)c4ccccc4)CC3)cc21. The molecular formula is C25H31N5O. The number of carbonyl (C=O) groups is 1. The molecule has 31 heavy (non-hydrogen) atoms. The molecule has 0 bridgehead atoms. The van der Waals surface area contributed by atoms with Crippen LogP contribution in [-0.4, -0.2) is 51.5 Å². The monoisotopic (exact) mass is 417 g/mol. The van der Waals surface area contributed by atoms with Crippen LogP contribution in [-0.2, 0) is 0 Å². The molecule has 3 aromatic rings. The number of imidazole rings is 1. The van der Waals surface area contributed by atoms with Gasteiger partial charge in [-0.1, -0.05) is 18.2 Å². The van der Waals surface area contributed by atoms with E-state index in [0.29, 0.717) is 12.0 Å². The third kappa shape index (κ3) is 3.80. The molecule has 2 fully saturated rings. The summed E-state index contributed by atoms with van der Waals surface area (Å²) in [4.78, 5) is 27.1. The van der Waals surface area contributed by atoms with Gasteiger partial charge in [0.2, 0.25) is 0 Å². The molecule has 2 aliphatic heterocycles. The Morgan fingerprint density at radius 3 is 2.42 bits per heavy atom. The van der Waals surface area contributed by atoms with Crippen LogP contribution in [0.15, 0.2) is 42.7 Å². The highest BCUT2D eigenvalue weighted by Gasteiger charge is 2.28. The maximum atomic E-state index is 12.8. The standard InChI is InChI=1S/C25H31N5O/c1-18(2)30-17-26-23-22(30)16-21(27-24(23)28-12-6-7-13-28)19-10-14-29(15-11-19)25(31)20-8-4-3-5-9-20/h3-5,8-9,16-19H,6-7,10-15H2,1-2H3. The first-order valence-electron chi connectivity index (χ1n) is 11.6. The number of likely N-dealkylation sites (tertiary alicyclic amines) is 1. The van der Waals surface area contributed by atoms with Gasteiger partial charge in [0.05, 0.1) is 11.8 Å². The molecule has 2 aromatic heterocycles. The Balaban J connectivity index is 1.41. The van der Waals surface area contributed by atoms with Crippen molar-refractivity contribution in [1.82, 2.24) is 19.4 Å². The summed E-state index contributed by atoms with van der Waals surface area (Å²) in [6.07, 6.45) is 6.30. The zero-order valence-corrected chi connectivity index (χ0v) is 18.5. The number of nitrogens with zero attached hydrogens (tertiary/aromatic N) is 5. The number of rotatable bonds is 4. The zero-order chi connectivity index (χ0) is 21.4. The van der Waals surface area contributed by atoms with Crippen LogP contribution in [0.3, 0.4) is 0 Å². The lowest BCUT2D eigenvalue weighted by Gasteiger charge is -2.32. The fourth-order valence-corrected chi connectivity index (χ4v) is 4.95. The van der Waals surface area contributed by atoms with Crippen molar-refractivity contribution >= 4 is 22.8 Å². The normalized spacial score (nSPS) is 17.8. The quantitative estimate of drug-likeness (QED) is 0.621. The van der Waals surface area contributed by atoms with E-state index in [9.17, 15) is 4.79 Å². The Morgan fingerprint density at radius 1 is 1.03 bits per heavy atom. The highest BCUT2D eigenvalue weighted by Crippen LogP contribution is 2.34. The number of benzene rings is 1. The van der Waals surface area contributed by atoms with Crippen molar-refractivity contribution in [3.63, 3.8) is 0 Å². The number of fused-ring (bicyclic) bond motifs is 1. The van der Waals surface area contributed by atoms with Crippen LogP contribution in [0.4, 0.5) is 5.82 Å². The first-order valence-corrected chi connectivity index (χ1v) is 11.6. The molecule has 0 unspecified atom stereocenters. The largest absolute Gasteiger partial charge is 0.355 e. The van der Waals surface area contributed by atoms with Gasteiger partial charge in [-0.05, 0) is 57.7 Å². The Morgan fingerprint density at radius 2 is 1.74 bits per heavy atom. The smallest absolute Gasteiger partial charge is 0.253 e. The highest BCUT2D eigenvalue weighted by molar-refractivity contribution is 5.94. The lowest BCUT2D eigenvalue weighted by Crippen LogP contribution is -2.38. The van der Waals surface area contributed by atoms with Gasteiger partial charge in [0.1, 0.15) is 5.52 Å². The molecule has 5 rings (SSSR count). The van der Waals surface area contributed by atoms with Crippen molar-refractivity contribution in [2.75, 3.05) is 31.1 Å². The van der Waals surface area contributed by atoms with Crippen LogP contribution in [0.2, 0.25) is 0 Å². The van der Waals surface area contributed by atoms with Crippen LogP contribution in [0, 0.1) is 0 Å². The molecule has 6 heteroatoms. The van der Waals surface area contributed by atoms with E-state index in [1.807, 2.05) is 41.6 Å². The van der Waals surface area contributed by atoms with Crippen molar-refractivity contribution in [2.24, 2.45) is 0 Å². The molecule has 0 aliphatic carbocycles.